The molecule has 0 amide bonds. The minimum atomic E-state index is 0.134. The molecule has 8 nitrogen and oxygen atoms in total. The summed E-state index contributed by atoms with van der Waals surface area (Å²) in [6, 6.07) is 6.19. The van der Waals surface area contributed by atoms with Gasteiger partial charge < -0.3 is 14.4 Å². The summed E-state index contributed by atoms with van der Waals surface area (Å²) >= 11 is 0. The summed E-state index contributed by atoms with van der Waals surface area (Å²) in [5, 5.41) is 1.05. The molecule has 0 spiro atoms. The molecule has 0 bridgehead atoms. The molecule has 0 saturated carbocycles. The molecule has 3 aromatic heterocycles. The molecule has 5 heterocycles. The Labute approximate surface area is 169 Å². The van der Waals surface area contributed by atoms with Gasteiger partial charge in [0.05, 0.1) is 37.6 Å². The molecule has 29 heavy (non-hydrogen) atoms. The van der Waals surface area contributed by atoms with Crippen LogP contribution in [0.5, 0.6) is 5.75 Å². The molecule has 150 valence electrons. The number of morpholine rings is 1. The van der Waals surface area contributed by atoms with Gasteiger partial charge in [0.15, 0.2) is 0 Å². The zero-order valence-corrected chi connectivity index (χ0v) is 16.4. The normalized spacial score (nSPS) is 19.6. The van der Waals surface area contributed by atoms with E-state index in [0.29, 0.717) is 13.2 Å². The van der Waals surface area contributed by atoms with Crippen molar-refractivity contribution in [3.05, 3.63) is 42.5 Å². The quantitative estimate of drug-likeness (QED) is 0.698. The Balaban J connectivity index is 1.74. The fourth-order valence-corrected chi connectivity index (χ4v) is 4.04. The largest absolute Gasteiger partial charge is 0.496 e. The lowest BCUT2D eigenvalue weighted by molar-refractivity contribution is 0.122. The van der Waals surface area contributed by atoms with E-state index in [-0.39, 0.29) is 6.04 Å². The van der Waals surface area contributed by atoms with E-state index < -0.39 is 0 Å². The van der Waals surface area contributed by atoms with Crippen molar-refractivity contribution in [2.45, 2.75) is 12.5 Å². The van der Waals surface area contributed by atoms with Gasteiger partial charge in [0.1, 0.15) is 11.6 Å². The van der Waals surface area contributed by atoms with E-state index in [2.05, 4.69) is 26.8 Å². The molecule has 2 saturated heterocycles. The minimum absolute atomic E-state index is 0.134. The second-order valence-electron chi connectivity index (χ2n) is 7.21. The highest BCUT2D eigenvalue weighted by molar-refractivity contribution is 5.98. The summed E-state index contributed by atoms with van der Waals surface area (Å²) < 4.78 is 11.2. The van der Waals surface area contributed by atoms with Crippen molar-refractivity contribution < 1.29 is 9.47 Å². The molecule has 8 heteroatoms. The van der Waals surface area contributed by atoms with E-state index >= 15 is 0 Å². The summed E-state index contributed by atoms with van der Waals surface area (Å²) in [4.78, 5) is 16.4. The van der Waals surface area contributed by atoms with Crippen LogP contribution in [0.2, 0.25) is 0 Å². The number of fused-ring (bicyclic) bond motifs is 1. The van der Waals surface area contributed by atoms with Crippen LogP contribution in [0.3, 0.4) is 0 Å². The lowest BCUT2D eigenvalue weighted by atomic mass is 9.99. The molecule has 2 fully saturated rings. The van der Waals surface area contributed by atoms with Crippen LogP contribution in [0.4, 0.5) is 5.82 Å². The smallest absolute Gasteiger partial charge is 0.130 e. The first kappa shape index (κ1) is 18.2. The number of pyridine rings is 3. The van der Waals surface area contributed by atoms with Gasteiger partial charge in [-0.1, -0.05) is 0 Å². The SMILES string of the molecule is COc1ccncc1-c1cc(N2CCOCC2)nc2c(C3CCNN3)nccc12. The zero-order valence-electron chi connectivity index (χ0n) is 16.4. The highest BCUT2D eigenvalue weighted by Gasteiger charge is 2.24. The van der Waals surface area contributed by atoms with Crippen LogP contribution in [0.25, 0.3) is 22.0 Å². The molecule has 0 aliphatic carbocycles. The maximum absolute atomic E-state index is 5.63. The molecule has 1 unspecified atom stereocenters. The van der Waals surface area contributed by atoms with Crippen molar-refractivity contribution in [2.75, 3.05) is 44.9 Å². The van der Waals surface area contributed by atoms with Gasteiger partial charge in [-0.3, -0.25) is 15.4 Å². The van der Waals surface area contributed by atoms with E-state index in [9.17, 15) is 0 Å². The van der Waals surface area contributed by atoms with Crippen molar-refractivity contribution >= 4 is 16.7 Å². The average Bonchev–Trinajstić information content (AvgIpc) is 3.33. The Morgan fingerprint density at radius 1 is 1.17 bits per heavy atom. The lowest BCUT2D eigenvalue weighted by Crippen LogP contribution is -2.36. The van der Waals surface area contributed by atoms with Gasteiger partial charge >= 0.3 is 0 Å². The number of nitrogens with zero attached hydrogens (tertiary/aromatic N) is 4. The van der Waals surface area contributed by atoms with E-state index in [1.165, 1.54) is 0 Å². The van der Waals surface area contributed by atoms with Crippen molar-refractivity contribution in [2.24, 2.45) is 0 Å². The first-order chi connectivity index (χ1) is 14.3. The summed E-state index contributed by atoms with van der Waals surface area (Å²) in [7, 11) is 1.69. The second kappa shape index (κ2) is 7.90. The zero-order chi connectivity index (χ0) is 19.6. The number of methoxy groups -OCH3 is 1. The van der Waals surface area contributed by atoms with Crippen molar-refractivity contribution in [3.8, 4) is 16.9 Å². The van der Waals surface area contributed by atoms with Gasteiger partial charge in [-0.25, -0.2) is 10.4 Å². The number of rotatable bonds is 4. The summed E-state index contributed by atoms with van der Waals surface area (Å²) in [5.74, 6) is 1.72. The standard InChI is InChI=1S/C21H24N6O2/c1-28-18-4-5-22-13-16(18)15-12-19(27-8-10-29-11-9-27)25-20-14(15)2-6-23-21(20)17-3-7-24-26-17/h2,4-6,12-13,17,24,26H,3,7-11H2,1H3. The molecule has 0 radical (unpaired) electrons. The molecule has 3 aromatic rings. The molecular weight excluding hydrogens is 368 g/mol. The number of aromatic nitrogens is 3. The Kier molecular flexibility index (Phi) is 4.97. The Bertz CT molecular complexity index is 1020. The number of hydrogen-bond donors (Lipinski definition) is 2. The third kappa shape index (κ3) is 3.39. The van der Waals surface area contributed by atoms with Crippen LogP contribution < -0.4 is 20.5 Å². The molecule has 2 N–H and O–H groups in total. The van der Waals surface area contributed by atoms with Gasteiger partial charge in [0, 0.05) is 54.7 Å². The summed E-state index contributed by atoms with van der Waals surface area (Å²) in [6.45, 7) is 3.97. The van der Waals surface area contributed by atoms with Crippen molar-refractivity contribution in [1.29, 1.82) is 0 Å². The van der Waals surface area contributed by atoms with Crippen LogP contribution >= 0.6 is 0 Å². The van der Waals surface area contributed by atoms with Crippen molar-refractivity contribution in [1.82, 2.24) is 25.8 Å². The minimum Gasteiger partial charge on any atom is -0.496 e. The maximum atomic E-state index is 5.63. The van der Waals surface area contributed by atoms with Crippen LogP contribution in [0.15, 0.2) is 36.8 Å². The fraction of sp³-hybridized carbons (Fsp3) is 0.381. The van der Waals surface area contributed by atoms with E-state index in [0.717, 1.165) is 65.3 Å². The fourth-order valence-electron chi connectivity index (χ4n) is 4.04. The maximum Gasteiger partial charge on any atom is 0.130 e. The predicted molar refractivity (Wildman–Crippen MR) is 111 cm³/mol. The van der Waals surface area contributed by atoms with Gasteiger partial charge in [-0.15, -0.1) is 0 Å². The van der Waals surface area contributed by atoms with E-state index in [1.807, 2.05) is 24.5 Å². The molecular formula is C21H24N6O2. The average molecular weight is 392 g/mol. The lowest BCUT2D eigenvalue weighted by Gasteiger charge is -2.29. The van der Waals surface area contributed by atoms with Gasteiger partial charge in [0.25, 0.3) is 0 Å². The number of hydrogen-bond acceptors (Lipinski definition) is 8. The molecule has 2 aliphatic heterocycles. The third-order valence-electron chi connectivity index (χ3n) is 5.53. The number of ether oxygens (including phenoxy) is 2. The van der Waals surface area contributed by atoms with Gasteiger partial charge in [-0.2, -0.15) is 0 Å². The van der Waals surface area contributed by atoms with E-state index in [4.69, 9.17) is 19.4 Å². The third-order valence-corrected chi connectivity index (χ3v) is 5.53. The van der Waals surface area contributed by atoms with Crippen LogP contribution in [-0.2, 0) is 4.74 Å². The highest BCUT2D eigenvalue weighted by Crippen LogP contribution is 2.38. The topological polar surface area (TPSA) is 84.4 Å². The molecule has 1 atom stereocenters. The number of nitrogens with one attached hydrogen (secondary N) is 2. The molecule has 5 rings (SSSR count). The summed E-state index contributed by atoms with van der Waals surface area (Å²) in [5.41, 5.74) is 10.4. The molecule has 0 aromatic carbocycles. The first-order valence-electron chi connectivity index (χ1n) is 9.94. The van der Waals surface area contributed by atoms with Crippen LogP contribution in [-0.4, -0.2) is 54.9 Å². The van der Waals surface area contributed by atoms with E-state index in [1.54, 1.807) is 13.3 Å². The van der Waals surface area contributed by atoms with Crippen LogP contribution in [0.1, 0.15) is 18.2 Å². The predicted octanol–water partition coefficient (Wildman–Crippen LogP) is 2.08. The van der Waals surface area contributed by atoms with Gasteiger partial charge in [0.2, 0.25) is 0 Å². The molecule has 2 aliphatic rings. The summed E-state index contributed by atoms with van der Waals surface area (Å²) in [6.07, 6.45) is 6.43. The second-order valence-corrected chi connectivity index (χ2v) is 7.21. The highest BCUT2D eigenvalue weighted by atomic mass is 16.5. The van der Waals surface area contributed by atoms with Crippen LogP contribution in [0, 0.1) is 0 Å². The first-order valence-corrected chi connectivity index (χ1v) is 9.94. The van der Waals surface area contributed by atoms with Gasteiger partial charge in [-0.05, 0) is 24.6 Å². The Morgan fingerprint density at radius 2 is 2.07 bits per heavy atom. The number of hydrazine groups is 1. The monoisotopic (exact) mass is 392 g/mol. The number of anilines is 1. The van der Waals surface area contributed by atoms with Crippen molar-refractivity contribution in [3.63, 3.8) is 0 Å². The Morgan fingerprint density at radius 3 is 2.86 bits per heavy atom. The Hall–Kier alpha value is -2.81.